The highest BCUT2D eigenvalue weighted by atomic mass is 19.4. The summed E-state index contributed by atoms with van der Waals surface area (Å²) in [5.74, 6) is -0.399. The molecule has 0 saturated carbocycles. The van der Waals surface area contributed by atoms with Crippen LogP contribution in [0, 0.1) is 0 Å². The minimum Gasteiger partial charge on any atom is -0.369 e. The van der Waals surface area contributed by atoms with E-state index in [0.717, 1.165) is 22.8 Å². The second-order valence-electron chi connectivity index (χ2n) is 6.26. The monoisotopic (exact) mass is 370 g/mol. The number of primary amides is 1. The number of amides is 1. The lowest BCUT2D eigenvalue weighted by molar-refractivity contribution is -0.137. The molecule has 2 N–H and O–H groups in total. The van der Waals surface area contributed by atoms with Gasteiger partial charge in [-0.1, -0.05) is 42.5 Å². The molecule has 27 heavy (non-hydrogen) atoms. The number of hydrogen-bond donors (Lipinski definition) is 1. The maximum absolute atomic E-state index is 12.9. The highest BCUT2D eigenvalue weighted by molar-refractivity contribution is 5.76. The lowest BCUT2D eigenvalue weighted by Crippen LogP contribution is -2.13. The van der Waals surface area contributed by atoms with Gasteiger partial charge in [0.05, 0.1) is 17.7 Å². The average molecular weight is 370 g/mol. The maximum atomic E-state index is 12.9. The molecule has 3 aromatic rings. The molecule has 3 nitrogen and oxygen atoms in total. The average Bonchev–Trinajstić information content (AvgIpc) is 2.62. The summed E-state index contributed by atoms with van der Waals surface area (Å²) in [5.41, 5.74) is 8.35. The Bertz CT molecular complexity index is 950. The highest BCUT2D eigenvalue weighted by Gasteiger charge is 2.30. The van der Waals surface area contributed by atoms with Gasteiger partial charge in [0.15, 0.2) is 0 Å². The summed E-state index contributed by atoms with van der Waals surface area (Å²) in [6, 6.07) is 16.2. The van der Waals surface area contributed by atoms with Crippen molar-refractivity contribution in [1.29, 1.82) is 0 Å². The first-order valence-corrected chi connectivity index (χ1v) is 8.30. The van der Waals surface area contributed by atoms with E-state index in [9.17, 15) is 18.0 Å². The first kappa shape index (κ1) is 18.6. The van der Waals surface area contributed by atoms with Crippen LogP contribution in [0.15, 0.2) is 66.9 Å². The number of alkyl halides is 3. The van der Waals surface area contributed by atoms with Gasteiger partial charge in [-0.3, -0.25) is 9.78 Å². The second kappa shape index (κ2) is 7.61. The van der Waals surface area contributed by atoms with E-state index in [-0.39, 0.29) is 6.42 Å². The van der Waals surface area contributed by atoms with Crippen molar-refractivity contribution < 1.29 is 18.0 Å². The van der Waals surface area contributed by atoms with Crippen LogP contribution in [0.5, 0.6) is 0 Å². The zero-order valence-corrected chi connectivity index (χ0v) is 14.3. The van der Waals surface area contributed by atoms with Gasteiger partial charge >= 0.3 is 6.18 Å². The molecule has 138 valence electrons. The van der Waals surface area contributed by atoms with E-state index in [1.807, 2.05) is 18.2 Å². The summed E-state index contributed by atoms with van der Waals surface area (Å²) in [5, 5.41) is 0. The molecule has 1 heterocycles. The first-order chi connectivity index (χ1) is 12.8. The van der Waals surface area contributed by atoms with Gasteiger partial charge in [0.25, 0.3) is 0 Å². The van der Waals surface area contributed by atoms with Crippen molar-refractivity contribution in [1.82, 2.24) is 4.98 Å². The molecule has 0 unspecified atom stereocenters. The maximum Gasteiger partial charge on any atom is 0.416 e. The van der Waals surface area contributed by atoms with Crippen LogP contribution in [0.1, 0.15) is 22.3 Å². The van der Waals surface area contributed by atoms with E-state index in [1.54, 1.807) is 30.5 Å². The van der Waals surface area contributed by atoms with E-state index in [4.69, 9.17) is 5.73 Å². The van der Waals surface area contributed by atoms with E-state index in [0.29, 0.717) is 17.7 Å². The second-order valence-corrected chi connectivity index (χ2v) is 6.26. The minimum atomic E-state index is -4.36. The Balaban J connectivity index is 1.81. The number of hydrogen-bond acceptors (Lipinski definition) is 2. The molecule has 0 spiro atoms. The van der Waals surface area contributed by atoms with Crippen LogP contribution in [0.25, 0.3) is 11.3 Å². The summed E-state index contributed by atoms with van der Waals surface area (Å²) < 4.78 is 38.6. The number of halogens is 3. The Morgan fingerprint density at radius 2 is 1.63 bits per heavy atom. The summed E-state index contributed by atoms with van der Waals surface area (Å²) in [6.07, 6.45) is -2.18. The molecule has 6 heteroatoms. The summed E-state index contributed by atoms with van der Waals surface area (Å²) in [6.45, 7) is 0. The van der Waals surface area contributed by atoms with Crippen molar-refractivity contribution in [2.75, 3.05) is 0 Å². The van der Waals surface area contributed by atoms with Crippen LogP contribution in [0.4, 0.5) is 13.2 Å². The van der Waals surface area contributed by atoms with Gasteiger partial charge in [-0.05, 0) is 41.3 Å². The van der Waals surface area contributed by atoms with Crippen molar-refractivity contribution >= 4 is 5.91 Å². The standard InChI is InChI=1S/C21H17F3N2O/c22-21(23,24)18-3-1-2-15(11-18)10-16-8-9-26-19(12-16)17-6-4-14(5-7-17)13-20(25)27/h1-9,11-12H,10,13H2,(H2,25,27). The molecule has 0 aliphatic rings. The Morgan fingerprint density at radius 3 is 2.30 bits per heavy atom. The van der Waals surface area contributed by atoms with Crippen LogP contribution in [-0.2, 0) is 23.8 Å². The lowest BCUT2D eigenvalue weighted by Gasteiger charge is -2.09. The molecule has 1 amide bonds. The molecule has 0 bridgehead atoms. The Kier molecular flexibility index (Phi) is 5.26. The first-order valence-electron chi connectivity index (χ1n) is 8.30. The van der Waals surface area contributed by atoms with Gasteiger partial charge in [0.1, 0.15) is 0 Å². The molecular formula is C21H17F3N2O. The van der Waals surface area contributed by atoms with Crippen molar-refractivity contribution in [2.24, 2.45) is 5.73 Å². The number of benzene rings is 2. The molecule has 0 radical (unpaired) electrons. The smallest absolute Gasteiger partial charge is 0.369 e. The number of carbonyl (C=O) groups excluding carboxylic acids is 1. The molecule has 0 saturated heterocycles. The Labute approximate surface area is 154 Å². The minimum absolute atomic E-state index is 0.170. The molecule has 3 rings (SSSR count). The number of nitrogens with two attached hydrogens (primary N) is 1. The van der Waals surface area contributed by atoms with Crippen molar-refractivity contribution in [3.05, 3.63) is 89.1 Å². The molecule has 0 fully saturated rings. The van der Waals surface area contributed by atoms with Gasteiger partial charge in [-0.2, -0.15) is 13.2 Å². The Morgan fingerprint density at radius 1 is 0.926 bits per heavy atom. The summed E-state index contributed by atoms with van der Waals surface area (Å²) in [4.78, 5) is 15.3. The fourth-order valence-corrected chi connectivity index (χ4v) is 2.83. The molecular weight excluding hydrogens is 353 g/mol. The van der Waals surface area contributed by atoms with Crippen molar-refractivity contribution in [2.45, 2.75) is 19.0 Å². The van der Waals surface area contributed by atoms with Gasteiger partial charge < -0.3 is 5.73 Å². The van der Waals surface area contributed by atoms with Crippen LogP contribution < -0.4 is 5.73 Å². The zero-order valence-electron chi connectivity index (χ0n) is 14.3. The van der Waals surface area contributed by atoms with E-state index in [1.165, 1.54) is 12.1 Å². The normalized spacial score (nSPS) is 11.4. The fourth-order valence-electron chi connectivity index (χ4n) is 2.83. The van der Waals surface area contributed by atoms with Gasteiger partial charge in [0.2, 0.25) is 5.91 Å². The van der Waals surface area contributed by atoms with Crippen molar-refractivity contribution in [3.63, 3.8) is 0 Å². The van der Waals surface area contributed by atoms with Crippen LogP contribution in [0.2, 0.25) is 0 Å². The van der Waals surface area contributed by atoms with E-state index in [2.05, 4.69) is 4.98 Å². The van der Waals surface area contributed by atoms with Crippen LogP contribution in [0.3, 0.4) is 0 Å². The number of nitrogens with zero attached hydrogens (tertiary/aromatic N) is 1. The predicted molar refractivity (Wildman–Crippen MR) is 96.8 cm³/mol. The third-order valence-electron chi connectivity index (χ3n) is 4.11. The highest BCUT2D eigenvalue weighted by Crippen LogP contribution is 2.30. The molecule has 0 atom stereocenters. The SMILES string of the molecule is NC(=O)Cc1ccc(-c2cc(Cc3cccc(C(F)(F)F)c3)ccn2)cc1. The topological polar surface area (TPSA) is 56.0 Å². The van der Waals surface area contributed by atoms with Gasteiger partial charge in [0, 0.05) is 11.8 Å². The summed E-state index contributed by atoms with van der Waals surface area (Å²) >= 11 is 0. The zero-order chi connectivity index (χ0) is 19.4. The van der Waals surface area contributed by atoms with Crippen molar-refractivity contribution in [3.8, 4) is 11.3 Å². The quantitative estimate of drug-likeness (QED) is 0.724. The van der Waals surface area contributed by atoms with Crippen LogP contribution in [-0.4, -0.2) is 10.9 Å². The molecule has 0 aliphatic carbocycles. The molecule has 2 aromatic carbocycles. The van der Waals surface area contributed by atoms with E-state index >= 15 is 0 Å². The lowest BCUT2D eigenvalue weighted by atomic mass is 10.0. The number of rotatable bonds is 5. The number of pyridine rings is 1. The molecule has 1 aromatic heterocycles. The van der Waals surface area contributed by atoms with Crippen LogP contribution >= 0.6 is 0 Å². The van der Waals surface area contributed by atoms with Gasteiger partial charge in [-0.15, -0.1) is 0 Å². The Hall–Kier alpha value is -3.15. The summed E-state index contributed by atoms with van der Waals surface area (Å²) in [7, 11) is 0. The third kappa shape index (κ3) is 4.94. The largest absolute Gasteiger partial charge is 0.416 e. The fraction of sp³-hybridized carbons (Fsp3) is 0.143. The number of aromatic nitrogens is 1. The third-order valence-corrected chi connectivity index (χ3v) is 4.11. The van der Waals surface area contributed by atoms with E-state index < -0.39 is 17.6 Å². The molecule has 0 aliphatic heterocycles. The number of carbonyl (C=O) groups is 1. The predicted octanol–water partition coefficient (Wildman–Crippen LogP) is 4.39. The van der Waals surface area contributed by atoms with Gasteiger partial charge in [-0.25, -0.2) is 0 Å².